The highest BCUT2D eigenvalue weighted by Gasteiger charge is 2.31. The molecular formula is C14H18NOS+. The van der Waals surface area contributed by atoms with E-state index in [1.807, 2.05) is 0 Å². The zero-order valence-corrected chi connectivity index (χ0v) is 11.2. The number of methoxy groups -OCH3 is 1. The summed E-state index contributed by atoms with van der Waals surface area (Å²) < 4.78 is 7.77. The fraction of sp³-hybridized carbons (Fsp3) is 0.429. The van der Waals surface area contributed by atoms with Crippen molar-refractivity contribution >= 4 is 21.8 Å². The molecule has 1 aliphatic rings. The Balaban J connectivity index is 2.23. The Kier molecular flexibility index (Phi) is 2.79. The molecule has 3 rings (SSSR count). The molecule has 90 valence electrons. The lowest BCUT2D eigenvalue weighted by atomic mass is 10.2. The van der Waals surface area contributed by atoms with E-state index in [2.05, 4.69) is 36.0 Å². The average Bonchev–Trinajstić information content (AvgIpc) is 2.97. The van der Waals surface area contributed by atoms with Gasteiger partial charge in [0.05, 0.1) is 24.2 Å². The van der Waals surface area contributed by atoms with Gasteiger partial charge in [-0.25, -0.2) is 0 Å². The molecule has 0 spiro atoms. The van der Waals surface area contributed by atoms with Gasteiger partial charge < -0.3 is 9.30 Å². The summed E-state index contributed by atoms with van der Waals surface area (Å²) in [6, 6.07) is 6.33. The van der Waals surface area contributed by atoms with E-state index in [1.165, 1.54) is 40.1 Å². The van der Waals surface area contributed by atoms with Crippen LogP contribution in [0.25, 0.3) is 10.9 Å². The lowest BCUT2D eigenvalue weighted by Crippen LogP contribution is -2.03. The normalized spacial score (nSPS) is 16.8. The van der Waals surface area contributed by atoms with Crippen LogP contribution in [0, 0.1) is 0 Å². The van der Waals surface area contributed by atoms with Crippen LogP contribution >= 0.6 is 0 Å². The average molecular weight is 248 g/mol. The molecule has 0 aliphatic carbocycles. The van der Waals surface area contributed by atoms with Crippen LogP contribution in [0.15, 0.2) is 29.3 Å². The summed E-state index contributed by atoms with van der Waals surface area (Å²) in [5, 5.41) is 1.34. The number of nitrogens with zero attached hydrogens (tertiary/aromatic N) is 1. The largest absolute Gasteiger partial charge is 0.496 e. The Bertz CT molecular complexity index is 540. The van der Waals surface area contributed by atoms with Crippen LogP contribution in [0.3, 0.4) is 0 Å². The summed E-state index contributed by atoms with van der Waals surface area (Å²) in [5.74, 6) is 3.74. The number of benzene rings is 1. The molecule has 0 radical (unpaired) electrons. The van der Waals surface area contributed by atoms with Crippen molar-refractivity contribution in [2.75, 3.05) is 18.6 Å². The first-order valence-corrected chi connectivity index (χ1v) is 7.67. The number of rotatable bonds is 2. The molecule has 17 heavy (non-hydrogen) atoms. The smallest absolute Gasteiger partial charge is 0.184 e. The van der Waals surface area contributed by atoms with Gasteiger partial charge in [0.1, 0.15) is 17.3 Å². The van der Waals surface area contributed by atoms with Gasteiger partial charge in [0.25, 0.3) is 0 Å². The molecule has 0 saturated carbocycles. The summed E-state index contributed by atoms with van der Waals surface area (Å²) in [6.45, 7) is 0. The second kappa shape index (κ2) is 4.30. The van der Waals surface area contributed by atoms with E-state index in [0.29, 0.717) is 10.9 Å². The minimum absolute atomic E-state index is 0.443. The quantitative estimate of drug-likeness (QED) is 0.745. The van der Waals surface area contributed by atoms with Crippen LogP contribution in [-0.4, -0.2) is 23.2 Å². The Hall–Kier alpha value is -1.09. The third-order valence-electron chi connectivity index (χ3n) is 3.50. The standard InChI is InChI=1S/C14H18NOS/c1-15-10-13(17-8-3-4-9-17)14-11(15)6-5-7-12(14)16-2/h5-7,10H,3-4,8-9H2,1-2H3/q+1. The number of aromatic nitrogens is 1. The molecule has 0 atom stereocenters. The van der Waals surface area contributed by atoms with E-state index in [9.17, 15) is 0 Å². The Morgan fingerprint density at radius 2 is 2.00 bits per heavy atom. The second-order valence-electron chi connectivity index (χ2n) is 4.57. The van der Waals surface area contributed by atoms with Crippen LogP contribution in [-0.2, 0) is 17.9 Å². The highest BCUT2D eigenvalue weighted by Crippen LogP contribution is 2.36. The van der Waals surface area contributed by atoms with Gasteiger partial charge in [-0.15, -0.1) is 0 Å². The Labute approximate surface area is 105 Å². The molecule has 2 aromatic rings. The first kappa shape index (κ1) is 11.0. The van der Waals surface area contributed by atoms with E-state index in [1.54, 1.807) is 7.11 Å². The maximum absolute atomic E-state index is 5.53. The van der Waals surface area contributed by atoms with Crippen LogP contribution in [0.1, 0.15) is 12.8 Å². The molecule has 1 aromatic carbocycles. The minimum atomic E-state index is 0.443. The monoisotopic (exact) mass is 248 g/mol. The molecule has 2 heterocycles. The molecule has 0 N–H and O–H groups in total. The first-order valence-electron chi connectivity index (χ1n) is 6.11. The fourth-order valence-electron chi connectivity index (χ4n) is 2.63. The molecule has 0 amide bonds. The highest BCUT2D eigenvalue weighted by molar-refractivity contribution is 7.97. The van der Waals surface area contributed by atoms with Crippen molar-refractivity contribution in [3.05, 3.63) is 24.4 Å². The molecular weight excluding hydrogens is 230 g/mol. The Morgan fingerprint density at radius 3 is 2.71 bits per heavy atom. The van der Waals surface area contributed by atoms with Gasteiger partial charge in [-0.05, 0) is 25.0 Å². The zero-order chi connectivity index (χ0) is 11.8. The summed E-state index contributed by atoms with van der Waals surface area (Å²) in [5.41, 5.74) is 1.29. The zero-order valence-electron chi connectivity index (χ0n) is 10.4. The van der Waals surface area contributed by atoms with Crippen LogP contribution in [0.4, 0.5) is 0 Å². The van der Waals surface area contributed by atoms with E-state index >= 15 is 0 Å². The topological polar surface area (TPSA) is 14.2 Å². The van der Waals surface area contributed by atoms with Crippen LogP contribution < -0.4 is 4.74 Å². The number of ether oxygens (including phenoxy) is 1. The number of hydrogen-bond acceptors (Lipinski definition) is 1. The lowest BCUT2D eigenvalue weighted by molar-refractivity contribution is 0.419. The number of hydrogen-bond donors (Lipinski definition) is 0. The molecule has 0 bridgehead atoms. The van der Waals surface area contributed by atoms with Gasteiger partial charge in [-0.2, -0.15) is 0 Å². The molecule has 1 saturated heterocycles. The molecule has 2 nitrogen and oxygen atoms in total. The predicted molar refractivity (Wildman–Crippen MR) is 74.1 cm³/mol. The molecule has 1 aliphatic heterocycles. The van der Waals surface area contributed by atoms with Crippen molar-refractivity contribution in [1.82, 2.24) is 4.57 Å². The summed E-state index contributed by atoms with van der Waals surface area (Å²) in [6.07, 6.45) is 5.07. The van der Waals surface area contributed by atoms with Crippen molar-refractivity contribution in [2.45, 2.75) is 17.7 Å². The van der Waals surface area contributed by atoms with Gasteiger partial charge in [-0.1, -0.05) is 6.07 Å². The fourth-order valence-corrected chi connectivity index (χ4v) is 5.18. The van der Waals surface area contributed by atoms with E-state index in [0.717, 1.165) is 5.75 Å². The molecule has 0 unspecified atom stereocenters. The lowest BCUT2D eigenvalue weighted by Gasteiger charge is -2.03. The summed E-state index contributed by atoms with van der Waals surface area (Å²) in [7, 11) is 4.34. The predicted octanol–water partition coefficient (Wildman–Crippen LogP) is 2.96. The number of fused-ring (bicyclic) bond motifs is 1. The third-order valence-corrected chi connectivity index (χ3v) is 6.00. The van der Waals surface area contributed by atoms with Gasteiger partial charge in [0.2, 0.25) is 0 Å². The van der Waals surface area contributed by atoms with Crippen molar-refractivity contribution in [1.29, 1.82) is 0 Å². The Morgan fingerprint density at radius 1 is 1.24 bits per heavy atom. The maximum atomic E-state index is 5.53. The molecule has 1 fully saturated rings. The first-order chi connectivity index (χ1) is 8.31. The van der Waals surface area contributed by atoms with Crippen LogP contribution in [0.2, 0.25) is 0 Å². The van der Waals surface area contributed by atoms with Crippen LogP contribution in [0.5, 0.6) is 5.75 Å². The van der Waals surface area contributed by atoms with Gasteiger partial charge >= 0.3 is 0 Å². The summed E-state index contributed by atoms with van der Waals surface area (Å²) in [4.78, 5) is 1.51. The molecule has 1 aromatic heterocycles. The van der Waals surface area contributed by atoms with E-state index in [-0.39, 0.29) is 0 Å². The minimum Gasteiger partial charge on any atom is -0.496 e. The summed E-state index contributed by atoms with van der Waals surface area (Å²) >= 11 is 0. The van der Waals surface area contributed by atoms with Crippen molar-refractivity contribution in [3.63, 3.8) is 0 Å². The SMILES string of the molecule is COc1cccc2c1c([S+]1CCCC1)cn2C. The van der Waals surface area contributed by atoms with Gasteiger partial charge in [-0.3, -0.25) is 0 Å². The molecule has 3 heteroatoms. The highest BCUT2D eigenvalue weighted by atomic mass is 32.2. The van der Waals surface area contributed by atoms with Crippen molar-refractivity contribution in [2.24, 2.45) is 7.05 Å². The van der Waals surface area contributed by atoms with E-state index < -0.39 is 0 Å². The second-order valence-corrected chi connectivity index (χ2v) is 6.81. The van der Waals surface area contributed by atoms with Crippen molar-refractivity contribution < 1.29 is 4.74 Å². The maximum Gasteiger partial charge on any atom is 0.184 e. The van der Waals surface area contributed by atoms with Crippen molar-refractivity contribution in [3.8, 4) is 5.75 Å². The third kappa shape index (κ3) is 1.73. The van der Waals surface area contributed by atoms with E-state index in [4.69, 9.17) is 4.74 Å². The van der Waals surface area contributed by atoms with Gasteiger partial charge in [0, 0.05) is 17.9 Å². The van der Waals surface area contributed by atoms with Gasteiger partial charge in [0.15, 0.2) is 4.90 Å². The number of aryl methyl sites for hydroxylation is 1.